The van der Waals surface area contributed by atoms with E-state index in [1.54, 1.807) is 54.6 Å². The molecule has 28 heavy (non-hydrogen) atoms. The molecule has 0 aliphatic rings. The number of carboxylic acid groups (broad SMARTS) is 1. The predicted molar refractivity (Wildman–Crippen MR) is 101 cm³/mol. The van der Waals surface area contributed by atoms with Crippen LogP contribution in [0, 0.1) is 0 Å². The van der Waals surface area contributed by atoms with Gasteiger partial charge in [-0.15, -0.1) is 0 Å². The van der Waals surface area contributed by atoms with Gasteiger partial charge in [0.25, 0.3) is 5.91 Å². The molecule has 0 saturated heterocycles. The standard InChI is InChI=1S/C20H21N3O5/c24-17(12-22-19(26)15-9-5-2-6-10-15)21-13-18(25)23-16(20(27)28)11-14-7-3-1-4-8-14/h1-10,16H,11-13H2,(H,21,24)(H,22,26)(H,23,25)(H,27,28)/t16-/m0/s1. The van der Waals surface area contributed by atoms with Crippen molar-refractivity contribution in [3.05, 3.63) is 71.8 Å². The van der Waals surface area contributed by atoms with Gasteiger partial charge in [0.1, 0.15) is 6.04 Å². The van der Waals surface area contributed by atoms with E-state index in [9.17, 15) is 24.3 Å². The highest BCUT2D eigenvalue weighted by Gasteiger charge is 2.20. The molecule has 146 valence electrons. The molecule has 0 bridgehead atoms. The van der Waals surface area contributed by atoms with Gasteiger partial charge in [-0.1, -0.05) is 48.5 Å². The van der Waals surface area contributed by atoms with Crippen molar-refractivity contribution in [3.8, 4) is 0 Å². The fourth-order valence-corrected chi connectivity index (χ4v) is 2.39. The molecular formula is C20H21N3O5. The van der Waals surface area contributed by atoms with Crippen LogP contribution in [0.15, 0.2) is 60.7 Å². The molecule has 0 radical (unpaired) electrons. The third kappa shape index (κ3) is 6.91. The Hall–Kier alpha value is -3.68. The molecule has 8 nitrogen and oxygen atoms in total. The first-order valence-electron chi connectivity index (χ1n) is 8.61. The van der Waals surface area contributed by atoms with Crippen molar-refractivity contribution in [1.29, 1.82) is 0 Å². The number of carboxylic acids is 1. The number of rotatable bonds is 9. The lowest BCUT2D eigenvalue weighted by Crippen LogP contribution is -2.47. The van der Waals surface area contributed by atoms with Gasteiger partial charge in [-0.05, 0) is 17.7 Å². The summed E-state index contributed by atoms with van der Waals surface area (Å²) in [5.74, 6) is -2.77. The van der Waals surface area contributed by atoms with E-state index in [0.29, 0.717) is 5.56 Å². The number of hydrogen-bond donors (Lipinski definition) is 4. The first-order chi connectivity index (χ1) is 13.5. The summed E-state index contributed by atoms with van der Waals surface area (Å²) in [6, 6.07) is 16.2. The summed E-state index contributed by atoms with van der Waals surface area (Å²) in [5.41, 5.74) is 1.18. The van der Waals surface area contributed by atoms with E-state index in [4.69, 9.17) is 0 Å². The molecule has 0 aromatic heterocycles. The molecule has 1 atom stereocenters. The quantitative estimate of drug-likeness (QED) is 0.497. The van der Waals surface area contributed by atoms with Crippen molar-refractivity contribution < 1.29 is 24.3 Å². The maximum Gasteiger partial charge on any atom is 0.326 e. The summed E-state index contributed by atoms with van der Waals surface area (Å²) in [7, 11) is 0. The second-order valence-corrected chi connectivity index (χ2v) is 5.97. The Morgan fingerprint density at radius 1 is 0.786 bits per heavy atom. The number of amides is 3. The van der Waals surface area contributed by atoms with Gasteiger partial charge in [0, 0.05) is 12.0 Å². The normalized spacial score (nSPS) is 11.1. The lowest BCUT2D eigenvalue weighted by molar-refractivity contribution is -0.141. The second-order valence-electron chi connectivity index (χ2n) is 5.97. The molecule has 8 heteroatoms. The van der Waals surface area contributed by atoms with Crippen LogP contribution < -0.4 is 16.0 Å². The summed E-state index contributed by atoms with van der Waals surface area (Å²) in [5, 5.41) is 16.4. The van der Waals surface area contributed by atoms with Crippen LogP contribution in [0.3, 0.4) is 0 Å². The summed E-state index contributed by atoms with van der Waals surface area (Å²) in [6.07, 6.45) is 0.128. The van der Waals surface area contributed by atoms with Gasteiger partial charge in [0.05, 0.1) is 13.1 Å². The van der Waals surface area contributed by atoms with Crippen LogP contribution in [0.1, 0.15) is 15.9 Å². The van der Waals surface area contributed by atoms with E-state index < -0.39 is 36.3 Å². The van der Waals surface area contributed by atoms with Crippen LogP contribution in [-0.2, 0) is 20.8 Å². The monoisotopic (exact) mass is 383 g/mol. The van der Waals surface area contributed by atoms with Crippen molar-refractivity contribution in [2.24, 2.45) is 0 Å². The number of carbonyl (C=O) groups is 4. The summed E-state index contributed by atoms with van der Waals surface area (Å²) in [4.78, 5) is 46.9. The fraction of sp³-hybridized carbons (Fsp3) is 0.200. The van der Waals surface area contributed by atoms with E-state index in [1.807, 2.05) is 6.07 Å². The van der Waals surface area contributed by atoms with Crippen LogP contribution in [0.5, 0.6) is 0 Å². The number of aliphatic carboxylic acids is 1. The minimum atomic E-state index is -1.17. The van der Waals surface area contributed by atoms with E-state index in [1.165, 1.54) is 0 Å². The zero-order valence-electron chi connectivity index (χ0n) is 15.1. The molecule has 4 N–H and O–H groups in total. The Bertz CT molecular complexity index is 824. The molecule has 0 unspecified atom stereocenters. The third-order valence-electron chi connectivity index (χ3n) is 3.81. The molecule has 0 spiro atoms. The molecule has 2 aromatic rings. The largest absolute Gasteiger partial charge is 0.480 e. The van der Waals surface area contributed by atoms with E-state index in [2.05, 4.69) is 16.0 Å². The van der Waals surface area contributed by atoms with E-state index in [0.717, 1.165) is 5.56 Å². The van der Waals surface area contributed by atoms with Crippen molar-refractivity contribution in [3.63, 3.8) is 0 Å². The van der Waals surface area contributed by atoms with Crippen molar-refractivity contribution in [1.82, 2.24) is 16.0 Å². The molecule has 0 aliphatic carbocycles. The Labute approximate surface area is 161 Å². The average molecular weight is 383 g/mol. The summed E-state index contributed by atoms with van der Waals surface area (Å²) >= 11 is 0. The van der Waals surface area contributed by atoms with Crippen molar-refractivity contribution in [2.45, 2.75) is 12.5 Å². The highest BCUT2D eigenvalue weighted by Crippen LogP contribution is 2.03. The van der Waals surface area contributed by atoms with Gasteiger partial charge in [0.2, 0.25) is 11.8 Å². The summed E-state index contributed by atoms with van der Waals surface area (Å²) in [6.45, 7) is -0.688. The third-order valence-corrected chi connectivity index (χ3v) is 3.81. The SMILES string of the molecule is O=C(CNC(=O)c1ccccc1)NCC(=O)N[C@@H](Cc1ccccc1)C(=O)O. The van der Waals surface area contributed by atoms with Crippen LogP contribution >= 0.6 is 0 Å². The molecule has 2 aromatic carbocycles. The second kappa shape index (κ2) is 10.5. The molecule has 0 heterocycles. The van der Waals surface area contributed by atoms with Gasteiger partial charge in [-0.25, -0.2) is 4.79 Å². The number of benzene rings is 2. The van der Waals surface area contributed by atoms with Crippen LogP contribution in [-0.4, -0.2) is 47.9 Å². The minimum Gasteiger partial charge on any atom is -0.480 e. The van der Waals surface area contributed by atoms with E-state index in [-0.39, 0.29) is 13.0 Å². The lowest BCUT2D eigenvalue weighted by Gasteiger charge is -2.15. The lowest BCUT2D eigenvalue weighted by atomic mass is 10.1. The Balaban J connectivity index is 1.74. The first-order valence-corrected chi connectivity index (χ1v) is 8.61. The number of hydrogen-bond acceptors (Lipinski definition) is 4. The average Bonchev–Trinajstić information content (AvgIpc) is 2.71. The fourth-order valence-electron chi connectivity index (χ4n) is 2.39. The maximum atomic E-state index is 11.9. The molecule has 0 aliphatic heterocycles. The molecule has 0 saturated carbocycles. The zero-order chi connectivity index (χ0) is 20.4. The predicted octanol–water partition coefficient (Wildman–Crippen LogP) is 0.345. The molecule has 3 amide bonds. The van der Waals surface area contributed by atoms with Gasteiger partial charge in [-0.2, -0.15) is 0 Å². The van der Waals surface area contributed by atoms with Gasteiger partial charge < -0.3 is 21.1 Å². The van der Waals surface area contributed by atoms with Gasteiger partial charge in [-0.3, -0.25) is 14.4 Å². The van der Waals surface area contributed by atoms with Gasteiger partial charge >= 0.3 is 5.97 Å². The van der Waals surface area contributed by atoms with Crippen molar-refractivity contribution >= 4 is 23.7 Å². The van der Waals surface area contributed by atoms with Crippen LogP contribution in [0.25, 0.3) is 0 Å². The number of nitrogens with one attached hydrogen (secondary N) is 3. The topological polar surface area (TPSA) is 125 Å². The van der Waals surface area contributed by atoms with Crippen LogP contribution in [0.4, 0.5) is 0 Å². The molecular weight excluding hydrogens is 362 g/mol. The van der Waals surface area contributed by atoms with Gasteiger partial charge in [0.15, 0.2) is 0 Å². The van der Waals surface area contributed by atoms with Crippen molar-refractivity contribution in [2.75, 3.05) is 13.1 Å². The maximum absolute atomic E-state index is 11.9. The smallest absolute Gasteiger partial charge is 0.326 e. The highest BCUT2D eigenvalue weighted by molar-refractivity contribution is 5.96. The Morgan fingerprint density at radius 3 is 1.96 bits per heavy atom. The summed E-state index contributed by atoms with van der Waals surface area (Å²) < 4.78 is 0. The van der Waals surface area contributed by atoms with Crippen LogP contribution in [0.2, 0.25) is 0 Å². The minimum absolute atomic E-state index is 0.128. The zero-order valence-corrected chi connectivity index (χ0v) is 15.1. The highest BCUT2D eigenvalue weighted by atomic mass is 16.4. The Morgan fingerprint density at radius 2 is 1.36 bits per heavy atom. The first kappa shape index (κ1) is 20.6. The molecule has 0 fully saturated rings. The molecule has 2 rings (SSSR count). The Kier molecular flexibility index (Phi) is 7.71. The van der Waals surface area contributed by atoms with E-state index >= 15 is 0 Å². The number of carbonyl (C=O) groups excluding carboxylic acids is 3.